The number of hydrogen-bond donors (Lipinski definition) is 3. The Bertz CT molecular complexity index is 951. The summed E-state index contributed by atoms with van der Waals surface area (Å²) in [6, 6.07) is -0.563. The maximum Gasteiger partial charge on any atom is 0.305 e. The monoisotopic (exact) mass is 860 g/mol. The molecule has 0 aliphatic heterocycles. The van der Waals surface area contributed by atoms with Crippen molar-refractivity contribution in [2.24, 2.45) is 0 Å². The molecule has 3 N–H and O–H groups in total. The van der Waals surface area contributed by atoms with Gasteiger partial charge in [-0.15, -0.1) is 0 Å². The van der Waals surface area contributed by atoms with Gasteiger partial charge in [0, 0.05) is 12.8 Å². The van der Waals surface area contributed by atoms with Crippen LogP contribution in [0.3, 0.4) is 0 Å². The fourth-order valence-electron chi connectivity index (χ4n) is 8.28. The fourth-order valence-corrected chi connectivity index (χ4v) is 8.28. The van der Waals surface area contributed by atoms with E-state index in [-0.39, 0.29) is 18.5 Å². The summed E-state index contributed by atoms with van der Waals surface area (Å²) in [5, 5.41) is 23.3. The molecule has 2 atom stereocenters. The van der Waals surface area contributed by atoms with Crippen LogP contribution in [-0.4, -0.2) is 47.4 Å². The van der Waals surface area contributed by atoms with E-state index in [1.807, 2.05) is 0 Å². The lowest BCUT2D eigenvalue weighted by molar-refractivity contribution is -0.143. The molecule has 0 radical (unpaired) electrons. The molecule has 360 valence electrons. The van der Waals surface area contributed by atoms with Gasteiger partial charge in [0.25, 0.3) is 0 Å². The van der Waals surface area contributed by atoms with E-state index in [1.165, 1.54) is 173 Å². The molecule has 0 aromatic rings. The average Bonchev–Trinajstić information content (AvgIpc) is 3.26. The van der Waals surface area contributed by atoms with Gasteiger partial charge in [0.2, 0.25) is 5.91 Å². The topological polar surface area (TPSA) is 95.9 Å². The van der Waals surface area contributed by atoms with Crippen LogP contribution in [0, 0.1) is 0 Å². The van der Waals surface area contributed by atoms with Crippen LogP contribution in [0.2, 0.25) is 0 Å². The lowest BCUT2D eigenvalue weighted by Gasteiger charge is -2.22. The molecule has 0 saturated carbocycles. The second kappa shape index (κ2) is 51.0. The van der Waals surface area contributed by atoms with Crippen LogP contribution in [0.1, 0.15) is 290 Å². The average molecular weight is 860 g/mol. The second-order valence-corrected chi connectivity index (χ2v) is 18.6. The maximum atomic E-state index is 12.5. The number of ether oxygens (including phenoxy) is 1. The van der Waals surface area contributed by atoms with Gasteiger partial charge in [0.1, 0.15) is 0 Å². The summed E-state index contributed by atoms with van der Waals surface area (Å²) in [6.45, 7) is 4.87. The predicted octanol–water partition coefficient (Wildman–Crippen LogP) is 16.3. The van der Waals surface area contributed by atoms with Crippen LogP contribution < -0.4 is 5.32 Å². The van der Waals surface area contributed by atoms with E-state index in [9.17, 15) is 19.8 Å². The Hall–Kier alpha value is -1.66. The minimum Gasteiger partial charge on any atom is -0.466 e. The third-order valence-corrected chi connectivity index (χ3v) is 12.5. The molecule has 0 saturated heterocycles. The van der Waals surface area contributed by atoms with E-state index < -0.39 is 12.1 Å². The van der Waals surface area contributed by atoms with Crippen LogP contribution in [0.5, 0.6) is 0 Å². The van der Waals surface area contributed by atoms with Crippen molar-refractivity contribution in [1.82, 2.24) is 5.32 Å². The highest BCUT2D eigenvalue weighted by Gasteiger charge is 2.20. The van der Waals surface area contributed by atoms with Crippen molar-refractivity contribution in [2.45, 2.75) is 302 Å². The standard InChI is InChI=1S/C55H105NO5/c1-3-5-7-9-11-13-15-17-18-19-20-21-22-23-25-27-31-35-39-43-47-53(58)52(51-57)56-54(59)48-44-40-36-32-28-26-30-34-38-42-46-50-61-55(60)49-45-41-37-33-29-24-16-14-12-10-8-6-4-2/h14,16,30,34,52-53,57-58H,3-13,15,17-29,31-33,35-51H2,1-2H3,(H,56,59)/b16-14-,34-30-. The van der Waals surface area contributed by atoms with Gasteiger partial charge in [-0.05, 0) is 77.0 Å². The van der Waals surface area contributed by atoms with Crippen molar-refractivity contribution in [3.63, 3.8) is 0 Å². The number of nitrogens with one attached hydrogen (secondary N) is 1. The Morgan fingerprint density at radius 2 is 0.770 bits per heavy atom. The molecule has 2 unspecified atom stereocenters. The van der Waals surface area contributed by atoms with Crippen LogP contribution in [0.15, 0.2) is 24.3 Å². The van der Waals surface area contributed by atoms with Gasteiger partial charge in [-0.25, -0.2) is 0 Å². The van der Waals surface area contributed by atoms with Gasteiger partial charge in [0.15, 0.2) is 0 Å². The zero-order valence-electron chi connectivity index (χ0n) is 40.9. The van der Waals surface area contributed by atoms with Gasteiger partial charge in [-0.1, -0.05) is 224 Å². The summed E-state index contributed by atoms with van der Waals surface area (Å²) >= 11 is 0. The van der Waals surface area contributed by atoms with Crippen molar-refractivity contribution in [3.05, 3.63) is 24.3 Å². The molecule has 6 nitrogen and oxygen atoms in total. The predicted molar refractivity (Wildman–Crippen MR) is 264 cm³/mol. The second-order valence-electron chi connectivity index (χ2n) is 18.6. The van der Waals surface area contributed by atoms with Crippen molar-refractivity contribution in [3.8, 4) is 0 Å². The van der Waals surface area contributed by atoms with Gasteiger partial charge < -0.3 is 20.3 Å². The van der Waals surface area contributed by atoms with Crippen molar-refractivity contribution >= 4 is 11.9 Å². The number of carbonyl (C=O) groups is 2. The smallest absolute Gasteiger partial charge is 0.305 e. The largest absolute Gasteiger partial charge is 0.466 e. The minimum absolute atomic E-state index is 0.0400. The summed E-state index contributed by atoms with van der Waals surface area (Å²) in [7, 11) is 0. The first-order chi connectivity index (χ1) is 30.0. The van der Waals surface area contributed by atoms with Gasteiger partial charge >= 0.3 is 5.97 Å². The summed E-state index contributed by atoms with van der Waals surface area (Å²) in [5.41, 5.74) is 0. The van der Waals surface area contributed by atoms with E-state index in [0.717, 1.165) is 83.5 Å². The maximum absolute atomic E-state index is 12.5. The van der Waals surface area contributed by atoms with Crippen molar-refractivity contribution < 1.29 is 24.5 Å². The molecule has 1 amide bonds. The van der Waals surface area contributed by atoms with Gasteiger partial charge in [-0.3, -0.25) is 9.59 Å². The molecule has 0 aromatic heterocycles. The highest BCUT2D eigenvalue weighted by atomic mass is 16.5. The Morgan fingerprint density at radius 3 is 1.18 bits per heavy atom. The molecule has 0 heterocycles. The highest BCUT2D eigenvalue weighted by Crippen LogP contribution is 2.17. The van der Waals surface area contributed by atoms with E-state index in [2.05, 4.69) is 43.5 Å². The summed E-state index contributed by atoms with van der Waals surface area (Å²) in [5.74, 6) is -0.103. The molecule has 0 spiro atoms. The fraction of sp³-hybridized carbons (Fsp3) is 0.891. The minimum atomic E-state index is -0.683. The Labute approximate surface area is 380 Å². The van der Waals surface area contributed by atoms with Crippen molar-refractivity contribution in [2.75, 3.05) is 13.2 Å². The summed E-state index contributed by atoms with van der Waals surface area (Å²) in [6.07, 6.45) is 60.1. The van der Waals surface area contributed by atoms with Crippen LogP contribution in [0.25, 0.3) is 0 Å². The first-order valence-corrected chi connectivity index (χ1v) is 27.1. The zero-order valence-corrected chi connectivity index (χ0v) is 40.9. The molecule has 0 aliphatic carbocycles. The lowest BCUT2D eigenvalue weighted by atomic mass is 10.0. The van der Waals surface area contributed by atoms with Gasteiger partial charge in [0.05, 0.1) is 25.4 Å². The first-order valence-electron chi connectivity index (χ1n) is 27.1. The molecule has 0 bridgehead atoms. The third-order valence-electron chi connectivity index (χ3n) is 12.5. The summed E-state index contributed by atoms with van der Waals surface area (Å²) < 4.78 is 5.43. The molecule has 0 rings (SSSR count). The van der Waals surface area contributed by atoms with E-state index in [0.29, 0.717) is 25.9 Å². The van der Waals surface area contributed by atoms with Crippen LogP contribution >= 0.6 is 0 Å². The molecular formula is C55H105NO5. The highest BCUT2D eigenvalue weighted by molar-refractivity contribution is 5.76. The number of allylic oxidation sites excluding steroid dienone is 4. The molecule has 0 aromatic carbocycles. The number of aliphatic hydroxyl groups is 2. The normalized spacial score (nSPS) is 12.8. The third kappa shape index (κ3) is 47.7. The number of esters is 1. The zero-order chi connectivity index (χ0) is 44.4. The van der Waals surface area contributed by atoms with Crippen LogP contribution in [0.4, 0.5) is 0 Å². The first kappa shape index (κ1) is 59.3. The number of carbonyl (C=O) groups excluding carboxylic acids is 2. The van der Waals surface area contributed by atoms with Crippen LogP contribution in [-0.2, 0) is 14.3 Å². The number of hydrogen-bond acceptors (Lipinski definition) is 5. The molecular weight excluding hydrogens is 755 g/mol. The Kier molecular flexibility index (Phi) is 49.6. The molecule has 6 heteroatoms. The summed E-state index contributed by atoms with van der Waals surface area (Å²) in [4.78, 5) is 24.5. The molecule has 61 heavy (non-hydrogen) atoms. The number of amides is 1. The SMILES string of the molecule is CCCCCC/C=C\CCCCCCCC(=O)OCCCC/C=C\CCCCCCCC(=O)NC(CO)C(O)CCCCCCCCCCCCCCCCCCCCCC. The Balaban J connectivity index is 3.52. The number of aliphatic hydroxyl groups excluding tert-OH is 2. The van der Waals surface area contributed by atoms with E-state index >= 15 is 0 Å². The van der Waals surface area contributed by atoms with E-state index in [4.69, 9.17) is 4.74 Å². The quantitative estimate of drug-likeness (QED) is 0.0322. The van der Waals surface area contributed by atoms with Gasteiger partial charge in [-0.2, -0.15) is 0 Å². The Morgan fingerprint density at radius 1 is 0.443 bits per heavy atom. The number of rotatable bonds is 50. The number of unbranched alkanes of at least 4 members (excludes halogenated alkanes) is 35. The molecule has 0 aliphatic rings. The van der Waals surface area contributed by atoms with E-state index in [1.54, 1.807) is 0 Å². The van der Waals surface area contributed by atoms with Crippen molar-refractivity contribution in [1.29, 1.82) is 0 Å². The molecule has 0 fully saturated rings. The lowest BCUT2D eigenvalue weighted by Crippen LogP contribution is -2.45.